The molecule has 0 aromatic heterocycles. The highest BCUT2D eigenvalue weighted by Gasteiger charge is 2.23. The van der Waals surface area contributed by atoms with Gasteiger partial charge in [0.1, 0.15) is 0 Å². The van der Waals surface area contributed by atoms with Gasteiger partial charge < -0.3 is 10.4 Å². The number of hydrogen-bond acceptors (Lipinski definition) is 2. The number of hydrogen-bond donors (Lipinski definition) is 2. The van der Waals surface area contributed by atoms with Gasteiger partial charge in [-0.1, -0.05) is 36.4 Å². The molecule has 1 amide bonds. The fourth-order valence-electron chi connectivity index (χ4n) is 3.17. The molecule has 118 valence electrons. The van der Waals surface area contributed by atoms with Crippen LogP contribution in [0.3, 0.4) is 0 Å². The molecule has 1 atom stereocenters. The van der Waals surface area contributed by atoms with Crippen molar-refractivity contribution in [2.45, 2.75) is 31.7 Å². The first-order valence-electron chi connectivity index (χ1n) is 7.80. The summed E-state index contributed by atoms with van der Waals surface area (Å²) in [5, 5.41) is 11.9. The normalized spacial score (nSPS) is 15.9. The number of fused-ring (bicyclic) bond motifs is 1. The maximum atomic E-state index is 12.2. The molecular formula is C19H19NO3. The molecular weight excluding hydrogens is 290 g/mol. The molecule has 0 radical (unpaired) electrons. The van der Waals surface area contributed by atoms with E-state index >= 15 is 0 Å². The number of benzene rings is 2. The van der Waals surface area contributed by atoms with Crippen LogP contribution in [-0.4, -0.2) is 17.0 Å². The van der Waals surface area contributed by atoms with Crippen LogP contribution >= 0.6 is 0 Å². The Morgan fingerprint density at radius 2 is 1.96 bits per heavy atom. The zero-order valence-electron chi connectivity index (χ0n) is 12.8. The zero-order chi connectivity index (χ0) is 16.2. The van der Waals surface area contributed by atoms with Gasteiger partial charge in [0, 0.05) is 13.0 Å². The standard InChI is InChI=1S/C19H19NO3/c21-18(11-15-9-8-14-5-1-2-7-17(14)15)20-12-13-4-3-6-16(10-13)19(22)23/h1-7,10,15H,8-9,11-12H2,(H,20,21)(H,22,23). The first-order chi connectivity index (χ1) is 11.1. The molecule has 2 N–H and O–H groups in total. The van der Waals surface area contributed by atoms with Crippen molar-refractivity contribution in [3.05, 3.63) is 70.8 Å². The lowest BCUT2D eigenvalue weighted by molar-refractivity contribution is -0.121. The minimum absolute atomic E-state index is 0.00688. The Hall–Kier alpha value is -2.62. The van der Waals surface area contributed by atoms with Crippen molar-refractivity contribution in [2.24, 2.45) is 0 Å². The van der Waals surface area contributed by atoms with Crippen LogP contribution in [0.15, 0.2) is 48.5 Å². The smallest absolute Gasteiger partial charge is 0.335 e. The van der Waals surface area contributed by atoms with Crippen LogP contribution in [0.1, 0.15) is 45.8 Å². The van der Waals surface area contributed by atoms with Crippen LogP contribution in [0.4, 0.5) is 0 Å². The van der Waals surface area contributed by atoms with Gasteiger partial charge in [-0.2, -0.15) is 0 Å². The van der Waals surface area contributed by atoms with E-state index in [0.29, 0.717) is 13.0 Å². The lowest BCUT2D eigenvalue weighted by Crippen LogP contribution is -2.24. The Morgan fingerprint density at radius 1 is 1.13 bits per heavy atom. The maximum absolute atomic E-state index is 12.2. The molecule has 4 heteroatoms. The molecule has 2 aromatic rings. The summed E-state index contributed by atoms with van der Waals surface area (Å²) in [7, 11) is 0. The molecule has 0 aliphatic heterocycles. The first-order valence-corrected chi connectivity index (χ1v) is 7.80. The fraction of sp³-hybridized carbons (Fsp3) is 0.263. The highest BCUT2D eigenvalue weighted by Crippen LogP contribution is 2.35. The summed E-state index contributed by atoms with van der Waals surface area (Å²) in [4.78, 5) is 23.1. The predicted molar refractivity (Wildman–Crippen MR) is 87.4 cm³/mol. The first kappa shape index (κ1) is 15.3. The summed E-state index contributed by atoms with van der Waals surface area (Å²) >= 11 is 0. The second-order valence-corrected chi connectivity index (χ2v) is 5.92. The number of amides is 1. The van der Waals surface area contributed by atoms with Crippen molar-refractivity contribution in [3.8, 4) is 0 Å². The molecule has 4 nitrogen and oxygen atoms in total. The van der Waals surface area contributed by atoms with E-state index in [9.17, 15) is 9.59 Å². The molecule has 0 fully saturated rings. The minimum Gasteiger partial charge on any atom is -0.478 e. The van der Waals surface area contributed by atoms with Crippen molar-refractivity contribution >= 4 is 11.9 Å². The average Bonchev–Trinajstić information content (AvgIpc) is 2.96. The van der Waals surface area contributed by atoms with E-state index < -0.39 is 5.97 Å². The average molecular weight is 309 g/mol. The van der Waals surface area contributed by atoms with Crippen LogP contribution in [0.25, 0.3) is 0 Å². The number of carboxylic acids is 1. The molecule has 1 aliphatic carbocycles. The van der Waals surface area contributed by atoms with Gasteiger partial charge in [-0.05, 0) is 47.6 Å². The molecule has 0 saturated heterocycles. The number of rotatable bonds is 5. The summed E-state index contributed by atoms with van der Waals surface area (Å²) in [6.07, 6.45) is 2.53. The summed E-state index contributed by atoms with van der Waals surface area (Å²) in [6, 6.07) is 14.9. The second-order valence-electron chi connectivity index (χ2n) is 5.92. The second kappa shape index (κ2) is 6.65. The molecule has 0 spiro atoms. The van der Waals surface area contributed by atoms with E-state index in [1.807, 2.05) is 18.2 Å². The summed E-state index contributed by atoms with van der Waals surface area (Å²) in [5.74, 6) is -0.662. The van der Waals surface area contributed by atoms with Gasteiger partial charge in [0.05, 0.1) is 5.56 Å². The number of aryl methyl sites for hydroxylation is 1. The zero-order valence-corrected chi connectivity index (χ0v) is 12.8. The molecule has 1 aliphatic rings. The van der Waals surface area contributed by atoms with Crippen molar-refractivity contribution < 1.29 is 14.7 Å². The third kappa shape index (κ3) is 3.59. The SMILES string of the molecule is O=C(CC1CCc2ccccc21)NCc1cccc(C(=O)O)c1. The lowest BCUT2D eigenvalue weighted by atomic mass is 9.97. The summed E-state index contributed by atoms with van der Waals surface area (Å²) < 4.78 is 0. The highest BCUT2D eigenvalue weighted by molar-refractivity contribution is 5.87. The molecule has 0 heterocycles. The monoisotopic (exact) mass is 309 g/mol. The van der Waals surface area contributed by atoms with E-state index in [4.69, 9.17) is 5.11 Å². The highest BCUT2D eigenvalue weighted by atomic mass is 16.4. The van der Waals surface area contributed by atoms with Crippen molar-refractivity contribution in [1.29, 1.82) is 0 Å². The Bertz CT molecular complexity index is 739. The van der Waals surface area contributed by atoms with Gasteiger partial charge in [-0.3, -0.25) is 4.79 Å². The molecule has 0 saturated carbocycles. The van der Waals surface area contributed by atoms with E-state index in [1.165, 1.54) is 11.1 Å². The van der Waals surface area contributed by atoms with Crippen molar-refractivity contribution in [2.75, 3.05) is 0 Å². The largest absolute Gasteiger partial charge is 0.478 e. The topological polar surface area (TPSA) is 66.4 Å². The lowest BCUT2D eigenvalue weighted by Gasteiger charge is -2.12. The van der Waals surface area contributed by atoms with E-state index in [2.05, 4.69) is 17.4 Å². The Kier molecular flexibility index (Phi) is 4.42. The van der Waals surface area contributed by atoms with E-state index in [-0.39, 0.29) is 17.4 Å². The van der Waals surface area contributed by atoms with Gasteiger partial charge >= 0.3 is 5.97 Å². The van der Waals surface area contributed by atoms with Gasteiger partial charge in [0.25, 0.3) is 0 Å². The molecule has 0 bridgehead atoms. The van der Waals surface area contributed by atoms with Gasteiger partial charge in [0.15, 0.2) is 0 Å². The molecule has 23 heavy (non-hydrogen) atoms. The van der Waals surface area contributed by atoms with Crippen LogP contribution in [0, 0.1) is 0 Å². The third-order valence-corrected chi connectivity index (χ3v) is 4.35. The van der Waals surface area contributed by atoms with Crippen LogP contribution in [0.5, 0.6) is 0 Å². The van der Waals surface area contributed by atoms with Crippen molar-refractivity contribution in [1.82, 2.24) is 5.32 Å². The minimum atomic E-state index is -0.958. The number of carbonyl (C=O) groups is 2. The predicted octanol–water partition coefficient (Wildman–Crippen LogP) is 3.12. The third-order valence-electron chi connectivity index (χ3n) is 4.35. The number of nitrogens with one attached hydrogen (secondary N) is 1. The van der Waals surface area contributed by atoms with E-state index in [1.54, 1.807) is 18.2 Å². The number of carboxylic acid groups (broad SMARTS) is 1. The van der Waals surface area contributed by atoms with E-state index in [0.717, 1.165) is 18.4 Å². The van der Waals surface area contributed by atoms with Gasteiger partial charge in [-0.25, -0.2) is 4.79 Å². The van der Waals surface area contributed by atoms with Gasteiger partial charge in [-0.15, -0.1) is 0 Å². The number of aromatic carboxylic acids is 1. The molecule has 1 unspecified atom stereocenters. The summed E-state index contributed by atoms with van der Waals surface area (Å²) in [6.45, 7) is 0.355. The Labute approximate surface area is 135 Å². The summed E-state index contributed by atoms with van der Waals surface area (Å²) in [5.41, 5.74) is 3.67. The van der Waals surface area contributed by atoms with Crippen LogP contribution in [0.2, 0.25) is 0 Å². The molecule has 3 rings (SSSR count). The van der Waals surface area contributed by atoms with Crippen LogP contribution < -0.4 is 5.32 Å². The Balaban J connectivity index is 1.57. The fourth-order valence-corrected chi connectivity index (χ4v) is 3.17. The number of carbonyl (C=O) groups excluding carboxylic acids is 1. The Morgan fingerprint density at radius 3 is 2.78 bits per heavy atom. The van der Waals surface area contributed by atoms with Gasteiger partial charge in [0.2, 0.25) is 5.91 Å². The van der Waals surface area contributed by atoms with Crippen molar-refractivity contribution in [3.63, 3.8) is 0 Å². The maximum Gasteiger partial charge on any atom is 0.335 e. The van der Waals surface area contributed by atoms with Crippen LogP contribution in [-0.2, 0) is 17.8 Å². The molecule has 2 aromatic carbocycles. The quantitative estimate of drug-likeness (QED) is 0.892.